The van der Waals surface area contributed by atoms with E-state index in [9.17, 15) is 0 Å². The third-order valence-electron chi connectivity index (χ3n) is 2.97. The number of aliphatic imine (C=N–C) groups is 1. The molecule has 1 rings (SSSR count). The Morgan fingerprint density at radius 2 is 2.07 bits per heavy atom. The van der Waals surface area contributed by atoms with E-state index >= 15 is 0 Å². The molecule has 0 aliphatic carbocycles. The standard InChI is InChI=1S/C9H21N5/c1-9(7-12-8(10)13-11)3-5-14(2)6-4-9/h3-7,11H2,1-2H3,(H3,10,12,13). The predicted molar refractivity (Wildman–Crippen MR) is 58.7 cm³/mol. The lowest BCUT2D eigenvalue weighted by molar-refractivity contribution is 0.147. The van der Waals surface area contributed by atoms with Gasteiger partial charge in [-0.3, -0.25) is 10.4 Å². The van der Waals surface area contributed by atoms with Crippen LogP contribution in [-0.2, 0) is 0 Å². The maximum Gasteiger partial charge on any atom is 0.203 e. The van der Waals surface area contributed by atoms with Gasteiger partial charge in [0.15, 0.2) is 0 Å². The zero-order chi connectivity index (χ0) is 10.6. The smallest absolute Gasteiger partial charge is 0.203 e. The first-order valence-electron chi connectivity index (χ1n) is 5.01. The molecule has 0 aromatic heterocycles. The molecule has 0 bridgehead atoms. The van der Waals surface area contributed by atoms with Gasteiger partial charge in [-0.05, 0) is 38.4 Å². The maximum atomic E-state index is 5.48. The summed E-state index contributed by atoms with van der Waals surface area (Å²) < 4.78 is 0. The molecule has 0 aromatic rings. The Kier molecular flexibility index (Phi) is 3.71. The van der Waals surface area contributed by atoms with Gasteiger partial charge in [0.25, 0.3) is 0 Å². The number of rotatable bonds is 2. The van der Waals surface area contributed by atoms with Gasteiger partial charge in [-0.1, -0.05) is 6.92 Å². The summed E-state index contributed by atoms with van der Waals surface area (Å²) in [5.41, 5.74) is 8.11. The number of hydrazine groups is 1. The number of hydrogen-bond acceptors (Lipinski definition) is 3. The zero-order valence-electron chi connectivity index (χ0n) is 9.08. The second-order valence-corrected chi connectivity index (χ2v) is 4.46. The van der Waals surface area contributed by atoms with Crippen LogP contribution in [0.2, 0.25) is 0 Å². The van der Waals surface area contributed by atoms with Gasteiger partial charge in [-0.25, -0.2) is 5.84 Å². The molecule has 0 atom stereocenters. The number of piperidine rings is 1. The lowest BCUT2D eigenvalue weighted by Crippen LogP contribution is -2.40. The normalized spacial score (nSPS) is 23.5. The highest BCUT2D eigenvalue weighted by Gasteiger charge is 2.28. The van der Waals surface area contributed by atoms with Crippen molar-refractivity contribution >= 4 is 5.96 Å². The van der Waals surface area contributed by atoms with Crippen LogP contribution in [0.1, 0.15) is 19.8 Å². The second-order valence-electron chi connectivity index (χ2n) is 4.46. The minimum absolute atomic E-state index is 0.286. The lowest BCUT2D eigenvalue weighted by Gasteiger charge is -2.36. The highest BCUT2D eigenvalue weighted by molar-refractivity contribution is 5.77. The molecule has 0 unspecified atom stereocenters. The van der Waals surface area contributed by atoms with E-state index in [2.05, 4.69) is 29.3 Å². The summed E-state index contributed by atoms with van der Waals surface area (Å²) >= 11 is 0. The van der Waals surface area contributed by atoms with Crippen molar-refractivity contribution in [2.45, 2.75) is 19.8 Å². The minimum Gasteiger partial charge on any atom is -0.369 e. The Hall–Kier alpha value is -0.810. The highest BCUT2D eigenvalue weighted by atomic mass is 15.3. The van der Waals surface area contributed by atoms with Crippen molar-refractivity contribution in [1.82, 2.24) is 10.3 Å². The molecule has 5 N–H and O–H groups in total. The lowest BCUT2D eigenvalue weighted by atomic mass is 9.80. The van der Waals surface area contributed by atoms with E-state index in [1.165, 1.54) is 12.8 Å². The van der Waals surface area contributed by atoms with Crippen molar-refractivity contribution in [3.63, 3.8) is 0 Å². The molecule has 14 heavy (non-hydrogen) atoms. The van der Waals surface area contributed by atoms with Crippen LogP contribution in [0.25, 0.3) is 0 Å². The van der Waals surface area contributed by atoms with Gasteiger partial charge in [-0.2, -0.15) is 0 Å². The van der Waals surface area contributed by atoms with Crippen molar-refractivity contribution < 1.29 is 0 Å². The Morgan fingerprint density at radius 1 is 1.50 bits per heavy atom. The molecule has 0 aromatic carbocycles. The number of nitrogens with one attached hydrogen (secondary N) is 1. The molecule has 0 amide bonds. The van der Waals surface area contributed by atoms with Crippen LogP contribution < -0.4 is 17.0 Å². The van der Waals surface area contributed by atoms with Gasteiger partial charge in [0.2, 0.25) is 5.96 Å². The summed E-state index contributed by atoms with van der Waals surface area (Å²) in [6, 6.07) is 0. The summed E-state index contributed by atoms with van der Waals surface area (Å²) in [7, 11) is 2.15. The average molecular weight is 199 g/mol. The molecule has 1 heterocycles. The first-order valence-corrected chi connectivity index (χ1v) is 5.01. The molecular weight excluding hydrogens is 178 g/mol. The Labute approximate surface area is 85.5 Å². The van der Waals surface area contributed by atoms with Crippen LogP contribution in [0.5, 0.6) is 0 Å². The molecular formula is C9H21N5. The van der Waals surface area contributed by atoms with Gasteiger partial charge in [-0.15, -0.1) is 0 Å². The Bertz CT molecular complexity index is 205. The van der Waals surface area contributed by atoms with Gasteiger partial charge in [0, 0.05) is 6.54 Å². The van der Waals surface area contributed by atoms with Gasteiger partial charge in [0.1, 0.15) is 0 Å². The van der Waals surface area contributed by atoms with E-state index in [1.54, 1.807) is 0 Å². The summed E-state index contributed by atoms with van der Waals surface area (Å²) in [5.74, 6) is 5.46. The third-order valence-corrected chi connectivity index (χ3v) is 2.97. The molecule has 1 fully saturated rings. The van der Waals surface area contributed by atoms with E-state index in [4.69, 9.17) is 11.6 Å². The van der Waals surface area contributed by atoms with Crippen molar-refractivity contribution in [2.24, 2.45) is 22.0 Å². The third kappa shape index (κ3) is 3.16. The Balaban J connectivity index is 2.43. The van der Waals surface area contributed by atoms with Crippen LogP contribution in [-0.4, -0.2) is 37.5 Å². The average Bonchev–Trinajstić information content (AvgIpc) is 2.20. The summed E-state index contributed by atoms with van der Waals surface area (Å²) in [6.07, 6.45) is 2.34. The molecule has 5 heteroatoms. The molecule has 1 aliphatic rings. The topological polar surface area (TPSA) is 79.7 Å². The number of nitrogens with two attached hydrogens (primary N) is 2. The first kappa shape index (κ1) is 11.3. The molecule has 5 nitrogen and oxygen atoms in total. The van der Waals surface area contributed by atoms with Gasteiger partial charge in [0.05, 0.1) is 0 Å². The van der Waals surface area contributed by atoms with Crippen molar-refractivity contribution in [3.8, 4) is 0 Å². The fourth-order valence-corrected chi connectivity index (χ4v) is 1.64. The maximum absolute atomic E-state index is 5.48. The summed E-state index contributed by atoms with van der Waals surface area (Å²) in [4.78, 5) is 6.55. The van der Waals surface area contributed by atoms with Crippen LogP contribution in [0.4, 0.5) is 0 Å². The second kappa shape index (κ2) is 4.61. The van der Waals surface area contributed by atoms with Crippen molar-refractivity contribution in [3.05, 3.63) is 0 Å². The van der Waals surface area contributed by atoms with Crippen LogP contribution >= 0.6 is 0 Å². The van der Waals surface area contributed by atoms with Crippen molar-refractivity contribution in [2.75, 3.05) is 26.7 Å². The van der Waals surface area contributed by atoms with Crippen LogP contribution in [0.3, 0.4) is 0 Å². The monoisotopic (exact) mass is 199 g/mol. The summed E-state index contributed by atoms with van der Waals surface area (Å²) in [5, 5.41) is 0. The largest absolute Gasteiger partial charge is 0.369 e. The van der Waals surface area contributed by atoms with Crippen LogP contribution in [0.15, 0.2) is 4.99 Å². The fraction of sp³-hybridized carbons (Fsp3) is 0.889. The van der Waals surface area contributed by atoms with Gasteiger partial charge >= 0.3 is 0 Å². The number of nitrogens with zero attached hydrogens (tertiary/aromatic N) is 2. The molecule has 0 spiro atoms. The van der Waals surface area contributed by atoms with E-state index in [0.29, 0.717) is 5.96 Å². The fourth-order valence-electron chi connectivity index (χ4n) is 1.64. The number of hydrogen-bond donors (Lipinski definition) is 3. The van der Waals surface area contributed by atoms with Crippen LogP contribution in [0, 0.1) is 5.41 Å². The molecule has 0 saturated carbocycles. The van der Waals surface area contributed by atoms with Crippen molar-refractivity contribution in [1.29, 1.82) is 0 Å². The van der Waals surface area contributed by atoms with E-state index in [0.717, 1.165) is 19.6 Å². The first-order chi connectivity index (χ1) is 6.56. The Morgan fingerprint density at radius 3 is 2.57 bits per heavy atom. The molecule has 82 valence electrons. The minimum atomic E-state index is 0.286. The number of guanidine groups is 1. The number of likely N-dealkylation sites (tertiary alicyclic amines) is 1. The van der Waals surface area contributed by atoms with E-state index < -0.39 is 0 Å². The SMILES string of the molecule is CN1CCC(C)(CN=C(N)NN)CC1. The van der Waals surface area contributed by atoms with E-state index in [-0.39, 0.29) is 5.41 Å². The van der Waals surface area contributed by atoms with Gasteiger partial charge < -0.3 is 10.6 Å². The summed E-state index contributed by atoms with van der Waals surface area (Å²) in [6.45, 7) is 5.30. The molecule has 0 radical (unpaired) electrons. The molecule has 1 aliphatic heterocycles. The predicted octanol–water partition coefficient (Wildman–Crippen LogP) is -0.504. The highest BCUT2D eigenvalue weighted by Crippen LogP contribution is 2.30. The molecule has 1 saturated heterocycles. The zero-order valence-corrected chi connectivity index (χ0v) is 9.08. The van der Waals surface area contributed by atoms with E-state index in [1.807, 2.05) is 0 Å². The quantitative estimate of drug-likeness (QED) is 0.242.